The Balaban J connectivity index is 1.80. The number of hydrogen-bond donors (Lipinski definition) is 0. The van der Waals surface area contributed by atoms with Crippen LogP contribution in [-0.2, 0) is 16.8 Å². The van der Waals surface area contributed by atoms with Crippen molar-refractivity contribution in [2.24, 2.45) is 0 Å². The van der Waals surface area contributed by atoms with E-state index in [-0.39, 0.29) is 5.92 Å². The van der Waals surface area contributed by atoms with Gasteiger partial charge in [-0.25, -0.2) is 0 Å². The normalized spacial score (nSPS) is 17.3. The van der Waals surface area contributed by atoms with Crippen LogP contribution in [0, 0.1) is 0 Å². The minimum absolute atomic E-state index is 0.197. The van der Waals surface area contributed by atoms with Gasteiger partial charge in [0.05, 0.1) is 17.6 Å². The van der Waals surface area contributed by atoms with E-state index in [1.165, 1.54) is 8.61 Å². The van der Waals surface area contributed by atoms with Crippen molar-refractivity contribution >= 4 is 10.2 Å². The SMILES string of the molecule is CCn1cc(-c2nccnc2C2CCN(S(=O)(=O)N(C)C)CC2)cn1. The molecular weight excluding hydrogens is 340 g/mol. The minimum atomic E-state index is -3.35. The van der Waals surface area contributed by atoms with E-state index < -0.39 is 10.2 Å². The highest BCUT2D eigenvalue weighted by Gasteiger charge is 2.31. The summed E-state index contributed by atoms with van der Waals surface area (Å²) in [5.74, 6) is 0.197. The number of aryl methyl sites for hydroxylation is 1. The van der Waals surface area contributed by atoms with Crippen molar-refractivity contribution in [1.29, 1.82) is 0 Å². The summed E-state index contributed by atoms with van der Waals surface area (Å²) in [6.07, 6.45) is 8.64. The van der Waals surface area contributed by atoms with E-state index >= 15 is 0 Å². The molecule has 1 aliphatic heterocycles. The Bertz CT molecular complexity index is 825. The van der Waals surface area contributed by atoms with Gasteiger partial charge in [-0.2, -0.15) is 22.1 Å². The standard InChI is InChI=1S/C16H24N6O2S/c1-4-21-12-14(11-19-21)16-15(17-7-8-18-16)13-5-9-22(10-6-13)25(23,24)20(2)3/h7-8,11-13H,4-6,9-10H2,1-3H3. The molecule has 1 saturated heterocycles. The minimum Gasteiger partial charge on any atom is -0.272 e. The second kappa shape index (κ2) is 7.19. The molecule has 0 radical (unpaired) electrons. The van der Waals surface area contributed by atoms with Crippen LogP contribution in [0.25, 0.3) is 11.3 Å². The molecule has 2 aromatic rings. The smallest absolute Gasteiger partial charge is 0.272 e. The van der Waals surface area contributed by atoms with Crippen molar-refractivity contribution in [3.8, 4) is 11.3 Å². The molecule has 2 aromatic heterocycles. The lowest BCUT2D eigenvalue weighted by Crippen LogP contribution is -2.44. The van der Waals surface area contributed by atoms with Crippen LogP contribution < -0.4 is 0 Å². The summed E-state index contributed by atoms with van der Waals surface area (Å²) in [5.41, 5.74) is 2.73. The van der Waals surface area contributed by atoms with Crippen LogP contribution >= 0.6 is 0 Å². The average molecular weight is 364 g/mol. The maximum absolute atomic E-state index is 12.3. The molecule has 9 heteroatoms. The van der Waals surface area contributed by atoms with Gasteiger partial charge in [-0.15, -0.1) is 0 Å². The first-order chi connectivity index (χ1) is 11.9. The van der Waals surface area contributed by atoms with Crippen LogP contribution in [0.2, 0.25) is 0 Å². The quantitative estimate of drug-likeness (QED) is 0.799. The van der Waals surface area contributed by atoms with Gasteiger partial charge in [0, 0.05) is 63.8 Å². The highest BCUT2D eigenvalue weighted by Crippen LogP contribution is 2.33. The zero-order chi connectivity index (χ0) is 18.0. The summed E-state index contributed by atoms with van der Waals surface area (Å²) in [6.45, 7) is 3.83. The largest absolute Gasteiger partial charge is 0.281 e. The summed E-state index contributed by atoms with van der Waals surface area (Å²) in [4.78, 5) is 9.07. The summed E-state index contributed by atoms with van der Waals surface area (Å²) >= 11 is 0. The summed E-state index contributed by atoms with van der Waals surface area (Å²) in [5, 5.41) is 4.32. The zero-order valence-electron chi connectivity index (χ0n) is 14.8. The second-order valence-electron chi connectivity index (χ2n) is 6.34. The van der Waals surface area contributed by atoms with Crippen LogP contribution in [0.4, 0.5) is 0 Å². The number of nitrogens with zero attached hydrogens (tertiary/aromatic N) is 6. The first kappa shape index (κ1) is 18.0. The van der Waals surface area contributed by atoms with Crippen molar-refractivity contribution in [3.63, 3.8) is 0 Å². The van der Waals surface area contributed by atoms with E-state index in [1.54, 1.807) is 26.5 Å². The van der Waals surface area contributed by atoms with Crippen LogP contribution in [0.1, 0.15) is 31.4 Å². The Morgan fingerprint density at radius 2 is 1.88 bits per heavy atom. The molecule has 25 heavy (non-hydrogen) atoms. The summed E-state index contributed by atoms with van der Waals surface area (Å²) in [7, 11) is -0.224. The van der Waals surface area contributed by atoms with E-state index in [0.29, 0.717) is 13.1 Å². The molecule has 3 heterocycles. The molecular formula is C16H24N6O2S. The van der Waals surface area contributed by atoms with E-state index in [0.717, 1.165) is 36.3 Å². The van der Waals surface area contributed by atoms with Gasteiger partial charge in [0.1, 0.15) is 0 Å². The molecule has 0 atom stereocenters. The van der Waals surface area contributed by atoms with Crippen LogP contribution in [0.5, 0.6) is 0 Å². The third kappa shape index (κ3) is 3.58. The predicted octanol–water partition coefficient (Wildman–Crippen LogP) is 1.35. The molecule has 0 aliphatic carbocycles. The summed E-state index contributed by atoms with van der Waals surface area (Å²) < 4.78 is 29.2. The third-order valence-corrected chi connectivity index (χ3v) is 6.53. The highest BCUT2D eigenvalue weighted by molar-refractivity contribution is 7.86. The van der Waals surface area contributed by atoms with Gasteiger partial charge >= 0.3 is 0 Å². The molecule has 0 bridgehead atoms. The van der Waals surface area contributed by atoms with E-state index in [1.807, 2.05) is 24.0 Å². The Morgan fingerprint density at radius 1 is 1.20 bits per heavy atom. The number of piperidine rings is 1. The maximum atomic E-state index is 12.3. The molecule has 0 amide bonds. The number of hydrogen-bond acceptors (Lipinski definition) is 5. The molecule has 3 rings (SSSR count). The molecule has 0 saturated carbocycles. The molecule has 8 nitrogen and oxygen atoms in total. The average Bonchev–Trinajstić information content (AvgIpc) is 3.11. The van der Waals surface area contributed by atoms with Gasteiger partial charge in [-0.05, 0) is 19.8 Å². The molecule has 0 aromatic carbocycles. The molecule has 0 spiro atoms. The first-order valence-electron chi connectivity index (χ1n) is 8.44. The Hall–Kier alpha value is -1.84. The Morgan fingerprint density at radius 3 is 2.48 bits per heavy atom. The number of aromatic nitrogens is 4. The van der Waals surface area contributed by atoms with Gasteiger partial charge in [0.25, 0.3) is 10.2 Å². The van der Waals surface area contributed by atoms with E-state index in [2.05, 4.69) is 15.1 Å². The van der Waals surface area contributed by atoms with Crippen molar-refractivity contribution in [3.05, 3.63) is 30.5 Å². The fraction of sp³-hybridized carbons (Fsp3) is 0.562. The monoisotopic (exact) mass is 364 g/mol. The van der Waals surface area contributed by atoms with Crippen molar-refractivity contribution in [2.45, 2.75) is 32.2 Å². The number of rotatable bonds is 5. The second-order valence-corrected chi connectivity index (χ2v) is 8.48. The van der Waals surface area contributed by atoms with Crippen molar-refractivity contribution in [2.75, 3.05) is 27.2 Å². The third-order valence-electron chi connectivity index (χ3n) is 4.59. The molecule has 0 unspecified atom stereocenters. The van der Waals surface area contributed by atoms with Crippen molar-refractivity contribution < 1.29 is 8.42 Å². The molecule has 1 fully saturated rings. The first-order valence-corrected chi connectivity index (χ1v) is 9.84. The van der Waals surface area contributed by atoms with Gasteiger partial charge < -0.3 is 0 Å². The summed E-state index contributed by atoms with van der Waals surface area (Å²) in [6, 6.07) is 0. The highest BCUT2D eigenvalue weighted by atomic mass is 32.2. The van der Waals surface area contributed by atoms with Gasteiger partial charge in [-0.1, -0.05) is 0 Å². The molecule has 136 valence electrons. The fourth-order valence-electron chi connectivity index (χ4n) is 3.12. The molecule has 0 N–H and O–H groups in total. The lowest BCUT2D eigenvalue weighted by molar-refractivity contribution is 0.300. The van der Waals surface area contributed by atoms with Crippen LogP contribution in [0.3, 0.4) is 0 Å². The van der Waals surface area contributed by atoms with E-state index in [9.17, 15) is 8.42 Å². The van der Waals surface area contributed by atoms with Crippen molar-refractivity contribution in [1.82, 2.24) is 28.4 Å². The lowest BCUT2D eigenvalue weighted by atomic mass is 9.92. The van der Waals surface area contributed by atoms with Gasteiger partial charge in [0.15, 0.2) is 0 Å². The zero-order valence-corrected chi connectivity index (χ0v) is 15.6. The lowest BCUT2D eigenvalue weighted by Gasteiger charge is -2.32. The van der Waals surface area contributed by atoms with Crippen LogP contribution in [0.15, 0.2) is 24.8 Å². The van der Waals surface area contributed by atoms with Gasteiger partial charge in [-0.3, -0.25) is 14.6 Å². The van der Waals surface area contributed by atoms with E-state index in [4.69, 9.17) is 0 Å². The Kier molecular flexibility index (Phi) is 5.16. The Labute approximate surface area is 148 Å². The van der Waals surface area contributed by atoms with Crippen LogP contribution in [-0.4, -0.2) is 64.0 Å². The topological polar surface area (TPSA) is 84.2 Å². The maximum Gasteiger partial charge on any atom is 0.281 e. The van der Waals surface area contributed by atoms with Gasteiger partial charge in [0.2, 0.25) is 0 Å². The predicted molar refractivity (Wildman–Crippen MR) is 95.1 cm³/mol. The fourth-order valence-corrected chi connectivity index (χ4v) is 4.25. The molecule has 1 aliphatic rings.